The lowest BCUT2D eigenvalue weighted by atomic mass is 10.1. The lowest BCUT2D eigenvalue weighted by Gasteiger charge is -2.12. The molecule has 0 amide bonds. The molecule has 1 rings (SSSR count). The van der Waals surface area contributed by atoms with Gasteiger partial charge >= 0.3 is 5.97 Å². The maximum absolute atomic E-state index is 10.7. The highest BCUT2D eigenvalue weighted by Crippen LogP contribution is 2.22. The Morgan fingerprint density at radius 3 is 2.44 bits per heavy atom. The summed E-state index contributed by atoms with van der Waals surface area (Å²) in [5.74, 6) is -0.132. The third kappa shape index (κ3) is 4.06. The Labute approximate surface area is 109 Å². The summed E-state index contributed by atoms with van der Waals surface area (Å²) in [7, 11) is 0. The van der Waals surface area contributed by atoms with Gasteiger partial charge in [-0.05, 0) is 56.4 Å². The van der Waals surface area contributed by atoms with Crippen LogP contribution < -0.4 is 4.74 Å². The molecule has 3 nitrogen and oxygen atoms in total. The summed E-state index contributed by atoms with van der Waals surface area (Å²) in [6.07, 6.45) is 1.42. The number of ether oxygens (including phenoxy) is 1. The molecule has 1 unspecified atom stereocenters. The highest BCUT2D eigenvalue weighted by Gasteiger charge is 2.10. The Hall–Kier alpha value is -1.51. The summed E-state index contributed by atoms with van der Waals surface area (Å²) in [5, 5.41) is 8.77. The van der Waals surface area contributed by atoms with Gasteiger partial charge in [-0.15, -0.1) is 0 Å². The second-order valence-corrected chi connectivity index (χ2v) is 4.93. The molecule has 1 aromatic rings. The van der Waals surface area contributed by atoms with Crippen molar-refractivity contribution < 1.29 is 14.6 Å². The van der Waals surface area contributed by atoms with Gasteiger partial charge in [-0.1, -0.05) is 13.0 Å². The smallest absolute Gasteiger partial charge is 0.306 e. The summed E-state index contributed by atoms with van der Waals surface area (Å²) in [4.78, 5) is 10.7. The summed E-state index contributed by atoms with van der Waals surface area (Å²) in [5.41, 5.74) is 3.61. The largest absolute Gasteiger partial charge is 0.493 e. The zero-order chi connectivity index (χ0) is 13.7. The fourth-order valence-corrected chi connectivity index (χ4v) is 1.78. The number of aryl methyl sites for hydroxylation is 3. The van der Waals surface area contributed by atoms with Crippen LogP contribution in [0.5, 0.6) is 5.75 Å². The molecule has 1 aromatic carbocycles. The van der Waals surface area contributed by atoms with Crippen LogP contribution in [0.25, 0.3) is 0 Å². The molecule has 0 radical (unpaired) electrons. The van der Waals surface area contributed by atoms with Crippen LogP contribution in [-0.4, -0.2) is 17.7 Å². The van der Waals surface area contributed by atoms with E-state index in [-0.39, 0.29) is 5.92 Å². The average Bonchev–Trinajstić information content (AvgIpc) is 2.30. The fraction of sp³-hybridized carbons (Fsp3) is 0.533. The number of aliphatic carboxylic acids is 1. The Balaban J connectivity index is 2.45. The van der Waals surface area contributed by atoms with Crippen LogP contribution in [0.1, 0.15) is 36.5 Å². The lowest BCUT2D eigenvalue weighted by Crippen LogP contribution is -2.11. The standard InChI is InChI=1S/C15H22O3/c1-10(15(16)17)6-5-7-18-14-9-12(3)11(2)8-13(14)4/h8-10H,5-7H2,1-4H3,(H,16,17). The molecule has 100 valence electrons. The zero-order valence-electron chi connectivity index (χ0n) is 11.6. The normalized spacial score (nSPS) is 12.2. The van der Waals surface area contributed by atoms with E-state index in [0.29, 0.717) is 13.0 Å². The van der Waals surface area contributed by atoms with Crippen molar-refractivity contribution in [1.29, 1.82) is 0 Å². The number of hydrogen-bond donors (Lipinski definition) is 1. The zero-order valence-corrected chi connectivity index (χ0v) is 11.6. The fourth-order valence-electron chi connectivity index (χ4n) is 1.78. The van der Waals surface area contributed by atoms with E-state index in [0.717, 1.165) is 17.7 Å². The predicted molar refractivity (Wildman–Crippen MR) is 72.2 cm³/mol. The van der Waals surface area contributed by atoms with E-state index in [1.807, 2.05) is 13.0 Å². The van der Waals surface area contributed by atoms with Gasteiger partial charge in [0, 0.05) is 0 Å². The van der Waals surface area contributed by atoms with Crippen molar-refractivity contribution in [3.63, 3.8) is 0 Å². The van der Waals surface area contributed by atoms with Gasteiger partial charge in [-0.2, -0.15) is 0 Å². The SMILES string of the molecule is Cc1cc(C)c(OCCCC(C)C(=O)O)cc1C. The third-order valence-electron chi connectivity index (χ3n) is 3.25. The van der Waals surface area contributed by atoms with Crippen LogP contribution in [0.4, 0.5) is 0 Å². The molecule has 0 spiro atoms. The number of benzene rings is 1. The second-order valence-electron chi connectivity index (χ2n) is 4.93. The van der Waals surface area contributed by atoms with E-state index in [4.69, 9.17) is 9.84 Å². The van der Waals surface area contributed by atoms with Gasteiger partial charge < -0.3 is 9.84 Å². The summed E-state index contributed by atoms with van der Waals surface area (Å²) in [6, 6.07) is 4.16. The summed E-state index contributed by atoms with van der Waals surface area (Å²) in [6.45, 7) is 8.47. The molecule has 0 aliphatic heterocycles. The first-order chi connectivity index (χ1) is 8.41. The Morgan fingerprint density at radius 2 is 1.83 bits per heavy atom. The van der Waals surface area contributed by atoms with Gasteiger partial charge in [0.15, 0.2) is 0 Å². The van der Waals surface area contributed by atoms with Crippen LogP contribution in [0, 0.1) is 26.7 Å². The van der Waals surface area contributed by atoms with E-state index in [9.17, 15) is 4.79 Å². The Kier molecular flexibility index (Phi) is 5.20. The first kappa shape index (κ1) is 14.6. The molecule has 1 atom stereocenters. The molecule has 0 bridgehead atoms. The lowest BCUT2D eigenvalue weighted by molar-refractivity contribution is -0.141. The Morgan fingerprint density at radius 1 is 1.22 bits per heavy atom. The number of carboxylic acids is 1. The van der Waals surface area contributed by atoms with Crippen molar-refractivity contribution in [3.05, 3.63) is 28.8 Å². The van der Waals surface area contributed by atoms with Gasteiger partial charge in [0.1, 0.15) is 5.75 Å². The number of hydrogen-bond acceptors (Lipinski definition) is 2. The summed E-state index contributed by atoms with van der Waals surface area (Å²) < 4.78 is 5.71. The maximum Gasteiger partial charge on any atom is 0.306 e. The van der Waals surface area contributed by atoms with Gasteiger partial charge in [0.2, 0.25) is 0 Å². The van der Waals surface area contributed by atoms with Crippen LogP contribution in [-0.2, 0) is 4.79 Å². The summed E-state index contributed by atoms with van der Waals surface area (Å²) >= 11 is 0. The molecule has 3 heteroatoms. The molecular formula is C15H22O3. The molecule has 1 N–H and O–H groups in total. The maximum atomic E-state index is 10.7. The van der Waals surface area contributed by atoms with E-state index < -0.39 is 5.97 Å². The topological polar surface area (TPSA) is 46.5 Å². The monoisotopic (exact) mass is 250 g/mol. The molecule has 0 aliphatic rings. The first-order valence-corrected chi connectivity index (χ1v) is 6.35. The quantitative estimate of drug-likeness (QED) is 0.786. The van der Waals surface area contributed by atoms with Crippen LogP contribution in [0.3, 0.4) is 0 Å². The molecule has 0 saturated carbocycles. The molecule has 0 fully saturated rings. The van der Waals surface area contributed by atoms with Gasteiger partial charge in [-0.3, -0.25) is 4.79 Å². The molecule has 0 heterocycles. The van der Waals surface area contributed by atoms with Crippen molar-refractivity contribution in [3.8, 4) is 5.75 Å². The van der Waals surface area contributed by atoms with Crippen LogP contribution in [0.2, 0.25) is 0 Å². The van der Waals surface area contributed by atoms with Gasteiger partial charge in [0.25, 0.3) is 0 Å². The van der Waals surface area contributed by atoms with E-state index in [2.05, 4.69) is 19.9 Å². The van der Waals surface area contributed by atoms with E-state index in [1.54, 1.807) is 6.92 Å². The minimum Gasteiger partial charge on any atom is -0.493 e. The van der Waals surface area contributed by atoms with Crippen LogP contribution >= 0.6 is 0 Å². The van der Waals surface area contributed by atoms with E-state index >= 15 is 0 Å². The predicted octanol–water partition coefficient (Wildman–Crippen LogP) is 3.49. The minimum absolute atomic E-state index is 0.297. The average molecular weight is 250 g/mol. The first-order valence-electron chi connectivity index (χ1n) is 6.35. The Bertz CT molecular complexity index is 424. The van der Waals surface area contributed by atoms with Gasteiger partial charge in [0.05, 0.1) is 12.5 Å². The molecule has 0 aliphatic carbocycles. The van der Waals surface area contributed by atoms with Crippen LogP contribution in [0.15, 0.2) is 12.1 Å². The van der Waals surface area contributed by atoms with Crippen molar-refractivity contribution in [2.75, 3.05) is 6.61 Å². The van der Waals surface area contributed by atoms with Crippen molar-refractivity contribution in [1.82, 2.24) is 0 Å². The van der Waals surface area contributed by atoms with Gasteiger partial charge in [-0.25, -0.2) is 0 Å². The molecule has 0 aromatic heterocycles. The van der Waals surface area contributed by atoms with Crippen molar-refractivity contribution >= 4 is 5.97 Å². The van der Waals surface area contributed by atoms with Crippen molar-refractivity contribution in [2.24, 2.45) is 5.92 Å². The van der Waals surface area contributed by atoms with Crippen molar-refractivity contribution in [2.45, 2.75) is 40.5 Å². The number of rotatable bonds is 6. The highest BCUT2D eigenvalue weighted by molar-refractivity contribution is 5.69. The second kappa shape index (κ2) is 6.43. The molecular weight excluding hydrogens is 228 g/mol. The number of carbonyl (C=O) groups is 1. The van der Waals surface area contributed by atoms with E-state index in [1.165, 1.54) is 11.1 Å². The number of carboxylic acid groups (broad SMARTS) is 1. The minimum atomic E-state index is -0.739. The highest BCUT2D eigenvalue weighted by atomic mass is 16.5. The third-order valence-corrected chi connectivity index (χ3v) is 3.25. The molecule has 18 heavy (non-hydrogen) atoms. The molecule has 0 saturated heterocycles.